The van der Waals surface area contributed by atoms with Gasteiger partial charge >= 0.3 is 0 Å². The predicted molar refractivity (Wildman–Crippen MR) is 117 cm³/mol. The van der Waals surface area contributed by atoms with Gasteiger partial charge in [-0.05, 0) is 69.2 Å². The Morgan fingerprint density at radius 2 is 1.77 bits per heavy atom. The fourth-order valence-corrected chi connectivity index (χ4v) is 3.10. The number of nitrogens with zero attached hydrogens (tertiary/aromatic N) is 1. The van der Waals surface area contributed by atoms with Gasteiger partial charge in [-0.3, -0.25) is 9.59 Å². The van der Waals surface area contributed by atoms with E-state index < -0.39 is 11.6 Å². The first-order chi connectivity index (χ1) is 14.6. The number of methoxy groups -OCH3 is 1. The fraction of sp³-hybridized carbons (Fsp3) is 0.417. The average Bonchev–Trinajstić information content (AvgIpc) is 2.71. The molecule has 31 heavy (non-hydrogen) atoms. The van der Waals surface area contributed by atoms with Crippen molar-refractivity contribution in [3.05, 3.63) is 59.9 Å². The molecule has 2 amide bonds. The van der Waals surface area contributed by atoms with E-state index in [-0.39, 0.29) is 30.8 Å². The highest BCUT2D eigenvalue weighted by Gasteiger charge is 2.31. The van der Waals surface area contributed by atoms with E-state index in [9.17, 15) is 14.0 Å². The Kier molecular flexibility index (Phi) is 8.42. The molecule has 0 saturated carbocycles. The zero-order chi connectivity index (χ0) is 23.0. The topological polar surface area (TPSA) is 67.9 Å². The van der Waals surface area contributed by atoms with Gasteiger partial charge in [-0.2, -0.15) is 0 Å². The van der Waals surface area contributed by atoms with Crippen LogP contribution >= 0.6 is 0 Å². The van der Waals surface area contributed by atoms with E-state index in [0.717, 1.165) is 5.56 Å². The van der Waals surface area contributed by atoms with Crippen LogP contribution in [0.3, 0.4) is 0 Å². The Bertz CT molecular complexity index is 878. The van der Waals surface area contributed by atoms with E-state index in [2.05, 4.69) is 5.32 Å². The molecular weight excluding hydrogens is 399 g/mol. The van der Waals surface area contributed by atoms with Crippen molar-refractivity contribution in [2.24, 2.45) is 0 Å². The molecule has 7 heteroatoms. The van der Waals surface area contributed by atoms with Crippen molar-refractivity contribution in [3.8, 4) is 11.5 Å². The van der Waals surface area contributed by atoms with Gasteiger partial charge in [0.2, 0.25) is 5.91 Å². The Balaban J connectivity index is 2.24. The first-order valence-electron chi connectivity index (χ1n) is 10.3. The lowest BCUT2D eigenvalue weighted by Crippen LogP contribution is -2.54. The molecule has 0 aromatic heterocycles. The highest BCUT2D eigenvalue weighted by atomic mass is 19.1. The molecule has 0 unspecified atom stereocenters. The van der Waals surface area contributed by atoms with Crippen molar-refractivity contribution in [2.45, 2.75) is 52.2 Å². The molecule has 0 spiro atoms. The van der Waals surface area contributed by atoms with Gasteiger partial charge in [0.25, 0.3) is 5.91 Å². The Morgan fingerprint density at radius 3 is 2.35 bits per heavy atom. The molecule has 168 valence electrons. The predicted octanol–water partition coefficient (Wildman–Crippen LogP) is 3.94. The summed E-state index contributed by atoms with van der Waals surface area (Å²) in [6, 6.07) is 12.1. The largest absolute Gasteiger partial charge is 0.497 e. The van der Waals surface area contributed by atoms with Crippen molar-refractivity contribution in [1.82, 2.24) is 10.2 Å². The van der Waals surface area contributed by atoms with Crippen molar-refractivity contribution in [1.29, 1.82) is 0 Å². The van der Waals surface area contributed by atoms with Crippen LogP contribution in [-0.4, -0.2) is 42.0 Å². The number of nitrogens with one attached hydrogen (secondary N) is 1. The van der Waals surface area contributed by atoms with Crippen molar-refractivity contribution in [2.75, 3.05) is 13.7 Å². The van der Waals surface area contributed by atoms with Gasteiger partial charge in [-0.15, -0.1) is 0 Å². The fourth-order valence-electron chi connectivity index (χ4n) is 3.10. The summed E-state index contributed by atoms with van der Waals surface area (Å²) in [5.41, 5.74) is 0.399. The quantitative estimate of drug-likeness (QED) is 0.655. The molecule has 0 aliphatic rings. The summed E-state index contributed by atoms with van der Waals surface area (Å²) >= 11 is 0. The molecule has 2 aromatic rings. The lowest BCUT2D eigenvalue weighted by molar-refractivity contribution is -0.143. The molecule has 0 aliphatic heterocycles. The van der Waals surface area contributed by atoms with Crippen LogP contribution in [0.15, 0.2) is 48.5 Å². The maximum atomic E-state index is 13.1. The zero-order valence-electron chi connectivity index (χ0n) is 18.8. The summed E-state index contributed by atoms with van der Waals surface area (Å²) in [6.07, 6.45) is 0.439. The SMILES string of the molecule is CC[C@@H](C(=O)NC(C)(C)C)N(Cc1cccc(OC)c1)C(=O)COc1ccc(F)cc1. The van der Waals surface area contributed by atoms with Gasteiger partial charge in [0.1, 0.15) is 23.4 Å². The summed E-state index contributed by atoms with van der Waals surface area (Å²) in [5.74, 6) is 0.0854. The van der Waals surface area contributed by atoms with Crippen LogP contribution in [-0.2, 0) is 16.1 Å². The van der Waals surface area contributed by atoms with Crippen LogP contribution in [0.1, 0.15) is 39.7 Å². The minimum atomic E-state index is -0.672. The van der Waals surface area contributed by atoms with Crippen LogP contribution < -0.4 is 14.8 Å². The van der Waals surface area contributed by atoms with Crippen LogP contribution in [0.4, 0.5) is 4.39 Å². The van der Waals surface area contributed by atoms with Crippen molar-refractivity contribution >= 4 is 11.8 Å². The number of ether oxygens (including phenoxy) is 2. The van der Waals surface area contributed by atoms with E-state index in [1.54, 1.807) is 7.11 Å². The molecule has 2 rings (SSSR count). The number of hydrogen-bond acceptors (Lipinski definition) is 4. The molecule has 1 atom stereocenters. The average molecular weight is 431 g/mol. The van der Waals surface area contributed by atoms with E-state index in [1.807, 2.05) is 52.0 Å². The van der Waals surface area contributed by atoms with Gasteiger partial charge in [-0.25, -0.2) is 4.39 Å². The first kappa shape index (κ1) is 24.2. The Morgan fingerprint density at radius 1 is 1.10 bits per heavy atom. The molecule has 0 aliphatic carbocycles. The summed E-state index contributed by atoms with van der Waals surface area (Å²) in [7, 11) is 1.57. The van der Waals surface area contributed by atoms with E-state index in [0.29, 0.717) is 17.9 Å². The second-order valence-corrected chi connectivity index (χ2v) is 8.28. The van der Waals surface area contributed by atoms with Crippen LogP contribution in [0.25, 0.3) is 0 Å². The maximum Gasteiger partial charge on any atom is 0.261 e. The van der Waals surface area contributed by atoms with Crippen molar-refractivity contribution < 1.29 is 23.5 Å². The summed E-state index contributed by atoms with van der Waals surface area (Å²) in [4.78, 5) is 27.6. The third-order valence-electron chi connectivity index (χ3n) is 4.55. The standard InChI is InChI=1S/C24H31FN2O4/c1-6-21(23(29)26-24(2,3)4)27(15-17-8-7-9-20(14-17)30-5)22(28)16-31-19-12-10-18(25)11-13-19/h7-14,21H,6,15-16H2,1-5H3,(H,26,29)/t21-/m0/s1. The van der Waals surface area contributed by atoms with Crippen LogP contribution in [0.2, 0.25) is 0 Å². The Hall–Kier alpha value is -3.09. The lowest BCUT2D eigenvalue weighted by Gasteiger charge is -2.33. The third kappa shape index (κ3) is 7.59. The lowest BCUT2D eigenvalue weighted by atomic mass is 10.1. The second kappa shape index (κ2) is 10.8. The molecule has 0 saturated heterocycles. The highest BCUT2D eigenvalue weighted by Crippen LogP contribution is 2.19. The molecule has 1 N–H and O–H groups in total. The van der Waals surface area contributed by atoms with Crippen LogP contribution in [0.5, 0.6) is 11.5 Å². The number of halogens is 1. The van der Waals surface area contributed by atoms with Gasteiger partial charge in [0.15, 0.2) is 6.61 Å². The van der Waals surface area contributed by atoms with Gasteiger partial charge in [0, 0.05) is 12.1 Å². The van der Waals surface area contributed by atoms with Crippen LogP contribution in [0, 0.1) is 5.82 Å². The number of carbonyl (C=O) groups excluding carboxylic acids is 2. The van der Waals surface area contributed by atoms with Crippen molar-refractivity contribution in [3.63, 3.8) is 0 Å². The third-order valence-corrected chi connectivity index (χ3v) is 4.55. The molecular formula is C24H31FN2O4. The molecule has 0 radical (unpaired) electrons. The number of carbonyl (C=O) groups is 2. The van der Waals surface area contributed by atoms with Gasteiger partial charge in [0.05, 0.1) is 7.11 Å². The minimum absolute atomic E-state index is 0.221. The summed E-state index contributed by atoms with van der Waals surface area (Å²) in [5, 5.41) is 2.95. The number of rotatable bonds is 9. The van der Waals surface area contributed by atoms with E-state index in [4.69, 9.17) is 9.47 Å². The second-order valence-electron chi connectivity index (χ2n) is 8.28. The summed E-state index contributed by atoms with van der Waals surface area (Å²) < 4.78 is 23.9. The normalized spacial score (nSPS) is 12.1. The molecule has 0 bridgehead atoms. The Labute approximate surface area is 183 Å². The van der Waals surface area contributed by atoms with E-state index >= 15 is 0 Å². The maximum absolute atomic E-state index is 13.1. The molecule has 6 nitrogen and oxygen atoms in total. The van der Waals surface area contributed by atoms with Gasteiger partial charge in [-0.1, -0.05) is 19.1 Å². The summed E-state index contributed by atoms with van der Waals surface area (Å²) in [6.45, 7) is 7.49. The monoisotopic (exact) mass is 430 g/mol. The molecule has 2 aromatic carbocycles. The molecule has 0 heterocycles. The number of benzene rings is 2. The zero-order valence-corrected chi connectivity index (χ0v) is 18.8. The number of amides is 2. The van der Waals surface area contributed by atoms with E-state index in [1.165, 1.54) is 29.2 Å². The van der Waals surface area contributed by atoms with Gasteiger partial charge < -0.3 is 19.7 Å². The first-order valence-corrected chi connectivity index (χ1v) is 10.3. The minimum Gasteiger partial charge on any atom is -0.497 e. The highest BCUT2D eigenvalue weighted by molar-refractivity contribution is 5.88. The number of hydrogen-bond donors (Lipinski definition) is 1. The smallest absolute Gasteiger partial charge is 0.261 e. The molecule has 0 fully saturated rings.